The number of rotatable bonds is 9. The number of oxime groups is 1. The third kappa shape index (κ3) is 4.50. The van der Waals surface area contributed by atoms with Gasteiger partial charge in [0.05, 0.1) is 11.9 Å². The number of thiazole rings is 1. The van der Waals surface area contributed by atoms with Gasteiger partial charge in [-0.25, -0.2) is 9.78 Å². The zero-order valence-corrected chi connectivity index (χ0v) is 21.6. The molecule has 0 aromatic carbocycles. The van der Waals surface area contributed by atoms with Crippen LogP contribution in [-0.2, 0) is 25.8 Å². The van der Waals surface area contributed by atoms with Gasteiger partial charge in [-0.05, 0) is 19.1 Å². The van der Waals surface area contributed by atoms with Gasteiger partial charge in [0.15, 0.2) is 36.1 Å². The Kier molecular flexibility index (Phi) is 6.86. The Labute approximate surface area is 223 Å². The lowest BCUT2D eigenvalue weighted by Crippen LogP contribution is -2.71. The normalized spacial score (nSPS) is 19.2. The van der Waals surface area contributed by atoms with Crippen LogP contribution in [-0.4, -0.2) is 72.9 Å². The number of carbonyl (C=O) groups excluding carboxylic acids is 3. The van der Waals surface area contributed by atoms with E-state index in [2.05, 4.69) is 15.5 Å². The fourth-order valence-electron chi connectivity index (χ4n) is 4.28. The summed E-state index contributed by atoms with van der Waals surface area (Å²) < 4.78 is 3.51. The van der Waals surface area contributed by atoms with E-state index in [-0.39, 0.29) is 35.4 Å². The fraction of sp³-hybridized carbons (Fsp3) is 0.261. The van der Waals surface area contributed by atoms with E-state index >= 15 is 0 Å². The average molecular weight is 557 g/mol. The fourth-order valence-corrected chi connectivity index (χ4v) is 6.17. The number of β-lactam (4-membered cyclic amide) rings is 1. The number of nitrogen functional groups attached to an aromatic ring is 1. The number of hydrogen-bond donors (Lipinski definition) is 3. The monoisotopic (exact) mass is 556 g/mol. The van der Waals surface area contributed by atoms with Crippen LogP contribution in [0.4, 0.5) is 5.13 Å². The first kappa shape index (κ1) is 25.4. The van der Waals surface area contributed by atoms with Crippen molar-refractivity contribution in [2.45, 2.75) is 24.9 Å². The van der Waals surface area contributed by atoms with Crippen molar-refractivity contribution in [1.82, 2.24) is 19.6 Å². The summed E-state index contributed by atoms with van der Waals surface area (Å²) in [6.45, 7) is 2.15. The summed E-state index contributed by atoms with van der Waals surface area (Å²) >= 11 is 2.48. The molecule has 3 aromatic heterocycles. The second kappa shape index (κ2) is 10.3. The molecule has 38 heavy (non-hydrogen) atoms. The molecule has 0 spiro atoms. The molecule has 2 amide bonds. The number of carboxylic acids is 1. The summed E-state index contributed by atoms with van der Waals surface area (Å²) in [7, 11) is 0. The third-order valence-electron chi connectivity index (χ3n) is 5.98. The van der Waals surface area contributed by atoms with Gasteiger partial charge in [-0.1, -0.05) is 5.16 Å². The Balaban J connectivity index is 1.35. The van der Waals surface area contributed by atoms with Crippen LogP contribution in [0.3, 0.4) is 0 Å². The molecule has 1 fully saturated rings. The second-order valence-corrected chi connectivity index (χ2v) is 10.3. The minimum Gasteiger partial charge on any atom is -0.477 e. The number of anilines is 1. The first-order valence-electron chi connectivity index (χ1n) is 11.4. The van der Waals surface area contributed by atoms with Crippen molar-refractivity contribution in [2.24, 2.45) is 5.16 Å². The molecule has 2 atom stereocenters. The molecule has 0 radical (unpaired) electrons. The lowest BCUT2D eigenvalue weighted by molar-refractivity contribution is -0.688. The first-order valence-corrected chi connectivity index (χ1v) is 13.3. The lowest BCUT2D eigenvalue weighted by atomic mass is 10.0. The van der Waals surface area contributed by atoms with Crippen LogP contribution in [0.1, 0.15) is 23.1 Å². The summed E-state index contributed by atoms with van der Waals surface area (Å²) in [4.78, 5) is 59.8. The summed E-state index contributed by atoms with van der Waals surface area (Å²) in [5.74, 6) is -2.11. The summed E-state index contributed by atoms with van der Waals surface area (Å²) in [6.07, 6.45) is 6.00. The molecular formula is C23H22N7O6S2+. The van der Waals surface area contributed by atoms with E-state index in [0.717, 1.165) is 23.1 Å². The van der Waals surface area contributed by atoms with Crippen molar-refractivity contribution in [1.29, 1.82) is 0 Å². The molecule has 5 heterocycles. The summed E-state index contributed by atoms with van der Waals surface area (Å²) in [5, 5.41) is 17.7. The molecule has 0 aliphatic carbocycles. The van der Waals surface area contributed by atoms with E-state index in [0.29, 0.717) is 17.0 Å². The molecule has 13 nitrogen and oxygen atoms in total. The molecule has 2 aliphatic heterocycles. The zero-order chi connectivity index (χ0) is 27.0. The number of hydrogen-bond acceptors (Lipinski definition) is 10. The highest BCUT2D eigenvalue weighted by Crippen LogP contribution is 2.40. The van der Waals surface area contributed by atoms with Gasteiger partial charge in [0.2, 0.25) is 0 Å². The Morgan fingerprint density at radius 1 is 1.42 bits per heavy atom. The number of aromatic nitrogens is 3. The van der Waals surface area contributed by atoms with E-state index in [9.17, 15) is 24.3 Å². The largest absolute Gasteiger partial charge is 0.477 e. The highest BCUT2D eigenvalue weighted by Gasteiger charge is 2.54. The molecule has 5 rings (SSSR count). The van der Waals surface area contributed by atoms with Gasteiger partial charge in [-0.2, -0.15) is 4.57 Å². The van der Waals surface area contributed by atoms with E-state index in [1.807, 2.05) is 0 Å². The quantitative estimate of drug-likeness (QED) is 0.110. The molecule has 0 bridgehead atoms. The van der Waals surface area contributed by atoms with Crippen molar-refractivity contribution >= 4 is 63.5 Å². The maximum Gasteiger partial charge on any atom is 0.352 e. The highest BCUT2D eigenvalue weighted by molar-refractivity contribution is 8.00. The van der Waals surface area contributed by atoms with E-state index in [1.54, 1.807) is 52.0 Å². The molecule has 4 N–H and O–H groups in total. The SMILES string of the molecule is CCON=C(C(=O)N[C@@H]1C(=O)N2C(C(=O)O)=C(C[n+]3ccn4c(C=O)ccc4c3)CS[C@@H]12)c1csc(N)n1. The second-order valence-electron chi connectivity index (χ2n) is 8.32. The highest BCUT2D eigenvalue weighted by atomic mass is 32.2. The van der Waals surface area contributed by atoms with Gasteiger partial charge in [0.1, 0.15) is 34.9 Å². The van der Waals surface area contributed by atoms with Gasteiger partial charge in [0, 0.05) is 16.7 Å². The number of carbonyl (C=O) groups is 4. The number of nitrogens with two attached hydrogens (primary N) is 1. The predicted molar refractivity (Wildman–Crippen MR) is 137 cm³/mol. The Morgan fingerprint density at radius 3 is 2.92 bits per heavy atom. The van der Waals surface area contributed by atoms with Gasteiger partial charge in [-0.3, -0.25) is 19.3 Å². The number of thioether (sulfide) groups is 1. The van der Waals surface area contributed by atoms with Crippen LogP contribution in [0, 0.1) is 0 Å². The van der Waals surface area contributed by atoms with Crippen LogP contribution in [0.5, 0.6) is 0 Å². The van der Waals surface area contributed by atoms with Crippen molar-refractivity contribution in [3.05, 3.63) is 58.8 Å². The summed E-state index contributed by atoms with van der Waals surface area (Å²) in [5.41, 5.74) is 7.47. The van der Waals surface area contributed by atoms with Crippen LogP contribution >= 0.6 is 23.1 Å². The van der Waals surface area contributed by atoms with Gasteiger partial charge in [0.25, 0.3) is 11.8 Å². The maximum atomic E-state index is 13.1. The smallest absolute Gasteiger partial charge is 0.352 e. The van der Waals surface area contributed by atoms with Crippen LogP contribution in [0.2, 0.25) is 0 Å². The molecule has 0 unspecified atom stereocenters. The number of amides is 2. The molecule has 0 saturated carbocycles. The molecule has 1 saturated heterocycles. The predicted octanol–water partition coefficient (Wildman–Crippen LogP) is 0.257. The number of nitrogens with one attached hydrogen (secondary N) is 1. The standard InChI is InChI=1S/C23H21N7O6S2/c1-2-36-27-16(15-11-38-23(24)25-15)19(32)26-17-20(33)30-18(22(34)35)12(10-37-21(17)30)7-28-5-6-29-13(8-28)3-4-14(29)9-31/h3-6,8-9,11,17,21H,2,7,10H2,1H3,(H3-,24,25,26,32,34,35)/p+1/t17-,21+/m1/s1. The maximum absolute atomic E-state index is 13.1. The summed E-state index contributed by atoms with van der Waals surface area (Å²) in [6, 6.07) is 2.53. The minimum absolute atomic E-state index is 0.101. The van der Waals surface area contributed by atoms with Gasteiger partial charge in [-0.15, -0.1) is 23.1 Å². The van der Waals surface area contributed by atoms with Crippen molar-refractivity contribution in [2.75, 3.05) is 18.1 Å². The zero-order valence-electron chi connectivity index (χ0n) is 19.9. The number of carboxylic acid groups (broad SMARTS) is 1. The number of aldehydes is 1. The number of fused-ring (bicyclic) bond motifs is 2. The molecule has 3 aromatic rings. The number of aliphatic carboxylic acids is 1. The van der Waals surface area contributed by atoms with Gasteiger partial charge < -0.3 is 25.4 Å². The van der Waals surface area contributed by atoms with Gasteiger partial charge >= 0.3 is 5.97 Å². The minimum atomic E-state index is -1.23. The molecule has 15 heteroatoms. The molecule has 2 aliphatic rings. The number of nitrogens with zero attached hydrogens (tertiary/aromatic N) is 5. The van der Waals surface area contributed by atoms with E-state index in [1.165, 1.54) is 16.7 Å². The van der Waals surface area contributed by atoms with Crippen molar-refractivity contribution in [3.63, 3.8) is 0 Å². The first-order chi connectivity index (χ1) is 18.3. The van der Waals surface area contributed by atoms with Crippen LogP contribution in [0.15, 0.2) is 52.5 Å². The molecule has 196 valence electrons. The van der Waals surface area contributed by atoms with E-state index < -0.39 is 29.2 Å². The topological polar surface area (TPSA) is 173 Å². The average Bonchev–Trinajstić information content (AvgIpc) is 3.52. The van der Waals surface area contributed by atoms with Crippen LogP contribution < -0.4 is 15.6 Å². The Morgan fingerprint density at radius 2 is 2.24 bits per heavy atom. The van der Waals surface area contributed by atoms with E-state index in [4.69, 9.17) is 10.6 Å². The Bertz CT molecular complexity index is 1530. The van der Waals surface area contributed by atoms with Crippen molar-refractivity contribution < 1.29 is 33.7 Å². The molecular weight excluding hydrogens is 534 g/mol. The lowest BCUT2D eigenvalue weighted by Gasteiger charge is -2.49. The van der Waals surface area contributed by atoms with Crippen LogP contribution in [0.25, 0.3) is 5.52 Å². The Hall–Kier alpha value is -4.24. The third-order valence-corrected chi connectivity index (χ3v) is 8.00. The van der Waals surface area contributed by atoms with Crippen molar-refractivity contribution in [3.8, 4) is 0 Å².